The zero-order valence-corrected chi connectivity index (χ0v) is 13.7. The zero-order chi connectivity index (χ0) is 14.7. The highest BCUT2D eigenvalue weighted by molar-refractivity contribution is 5.26. The summed E-state index contributed by atoms with van der Waals surface area (Å²) < 4.78 is 6.06. The molecule has 0 saturated carbocycles. The van der Waals surface area contributed by atoms with Crippen molar-refractivity contribution in [1.82, 2.24) is 0 Å². The molecule has 1 aromatic rings. The molecule has 1 aromatic carbocycles. The van der Waals surface area contributed by atoms with Crippen LogP contribution in [0.25, 0.3) is 0 Å². The summed E-state index contributed by atoms with van der Waals surface area (Å²) in [6.07, 6.45) is 5.13. The summed E-state index contributed by atoms with van der Waals surface area (Å²) in [7, 11) is 0. The standard InChI is InChI=1S/C16H26O.C2H6/c1-5-6-15(10-7-13(2)3)17-16-11-8-14(4)9-12-16;1-2/h8-9,11-13,15H,5-7,10H2,1-4H3;1-2H3. The van der Waals surface area contributed by atoms with Crippen LogP contribution in [0.4, 0.5) is 0 Å². The highest BCUT2D eigenvalue weighted by Crippen LogP contribution is 2.19. The zero-order valence-electron chi connectivity index (χ0n) is 13.7. The number of aryl methyl sites for hydroxylation is 1. The fourth-order valence-corrected chi connectivity index (χ4v) is 1.91. The molecule has 0 radical (unpaired) electrons. The van der Waals surface area contributed by atoms with Crippen molar-refractivity contribution in [2.75, 3.05) is 0 Å². The van der Waals surface area contributed by atoms with Crippen LogP contribution in [0.1, 0.15) is 65.9 Å². The first kappa shape index (κ1) is 18.0. The van der Waals surface area contributed by atoms with Crippen LogP contribution >= 0.6 is 0 Å². The number of hydrogen-bond acceptors (Lipinski definition) is 1. The Balaban J connectivity index is 0.00000154. The molecule has 1 unspecified atom stereocenters. The molecule has 0 bridgehead atoms. The Bertz CT molecular complexity index is 300. The van der Waals surface area contributed by atoms with Crippen molar-refractivity contribution >= 4 is 0 Å². The lowest BCUT2D eigenvalue weighted by atomic mass is 10.0. The Morgan fingerprint density at radius 2 is 1.53 bits per heavy atom. The Morgan fingerprint density at radius 1 is 0.947 bits per heavy atom. The summed E-state index contributed by atoms with van der Waals surface area (Å²) in [6, 6.07) is 8.38. The predicted molar refractivity (Wildman–Crippen MR) is 85.9 cm³/mol. The van der Waals surface area contributed by atoms with Crippen molar-refractivity contribution in [1.29, 1.82) is 0 Å². The van der Waals surface area contributed by atoms with Gasteiger partial charge in [0.15, 0.2) is 0 Å². The number of ether oxygens (including phenoxy) is 1. The summed E-state index contributed by atoms with van der Waals surface area (Å²) in [5.41, 5.74) is 1.28. The second-order valence-electron chi connectivity index (χ2n) is 5.31. The highest BCUT2D eigenvalue weighted by Gasteiger charge is 2.10. The molecule has 0 N–H and O–H groups in total. The first-order chi connectivity index (χ1) is 9.11. The van der Waals surface area contributed by atoms with Gasteiger partial charge in [-0.25, -0.2) is 0 Å². The van der Waals surface area contributed by atoms with Gasteiger partial charge in [-0.15, -0.1) is 0 Å². The third-order valence-corrected chi connectivity index (χ3v) is 3.00. The van der Waals surface area contributed by atoms with Crippen molar-refractivity contribution in [3.8, 4) is 5.75 Å². The van der Waals surface area contributed by atoms with E-state index in [9.17, 15) is 0 Å². The molecular formula is C18H32O. The van der Waals surface area contributed by atoms with E-state index in [0.717, 1.165) is 18.1 Å². The first-order valence-corrected chi connectivity index (χ1v) is 7.85. The van der Waals surface area contributed by atoms with Crippen molar-refractivity contribution in [2.45, 2.75) is 73.3 Å². The molecule has 0 aliphatic rings. The van der Waals surface area contributed by atoms with Crippen LogP contribution < -0.4 is 4.74 Å². The highest BCUT2D eigenvalue weighted by atomic mass is 16.5. The molecule has 0 aromatic heterocycles. The second-order valence-corrected chi connectivity index (χ2v) is 5.31. The third-order valence-electron chi connectivity index (χ3n) is 3.00. The van der Waals surface area contributed by atoms with Crippen LogP contribution in [-0.4, -0.2) is 6.10 Å². The maximum Gasteiger partial charge on any atom is 0.119 e. The van der Waals surface area contributed by atoms with Gasteiger partial charge in [0.25, 0.3) is 0 Å². The molecule has 110 valence electrons. The van der Waals surface area contributed by atoms with Crippen molar-refractivity contribution < 1.29 is 4.74 Å². The Hall–Kier alpha value is -0.980. The molecule has 0 spiro atoms. The molecule has 1 heteroatoms. The lowest BCUT2D eigenvalue weighted by Crippen LogP contribution is -2.17. The summed E-state index contributed by atoms with van der Waals surface area (Å²) in [4.78, 5) is 0. The molecule has 19 heavy (non-hydrogen) atoms. The van der Waals surface area contributed by atoms with Gasteiger partial charge >= 0.3 is 0 Å². The molecular weight excluding hydrogens is 232 g/mol. The van der Waals surface area contributed by atoms with Crippen LogP contribution in [0, 0.1) is 12.8 Å². The van der Waals surface area contributed by atoms with Gasteiger partial charge in [-0.2, -0.15) is 0 Å². The monoisotopic (exact) mass is 264 g/mol. The molecule has 0 heterocycles. The molecule has 0 aliphatic carbocycles. The average molecular weight is 264 g/mol. The van der Waals surface area contributed by atoms with E-state index in [0.29, 0.717) is 6.10 Å². The topological polar surface area (TPSA) is 9.23 Å². The van der Waals surface area contributed by atoms with Crippen LogP contribution in [0.3, 0.4) is 0 Å². The van der Waals surface area contributed by atoms with Gasteiger partial charge in [-0.05, 0) is 44.2 Å². The van der Waals surface area contributed by atoms with Crippen LogP contribution in [0.15, 0.2) is 24.3 Å². The summed E-state index contributed by atoms with van der Waals surface area (Å²) in [5, 5.41) is 0. The fraction of sp³-hybridized carbons (Fsp3) is 0.667. The van der Waals surface area contributed by atoms with Crippen molar-refractivity contribution in [3.05, 3.63) is 29.8 Å². The van der Waals surface area contributed by atoms with Gasteiger partial charge < -0.3 is 4.74 Å². The largest absolute Gasteiger partial charge is 0.490 e. The van der Waals surface area contributed by atoms with E-state index in [1.807, 2.05) is 13.8 Å². The van der Waals surface area contributed by atoms with E-state index in [1.165, 1.54) is 24.8 Å². The minimum atomic E-state index is 0.380. The fourth-order valence-electron chi connectivity index (χ4n) is 1.91. The molecule has 0 saturated heterocycles. The van der Waals surface area contributed by atoms with Gasteiger partial charge in [0.1, 0.15) is 5.75 Å². The lowest BCUT2D eigenvalue weighted by Gasteiger charge is -2.19. The maximum atomic E-state index is 6.06. The average Bonchev–Trinajstić information content (AvgIpc) is 2.41. The molecule has 0 fully saturated rings. The van der Waals surface area contributed by atoms with E-state index in [1.54, 1.807) is 0 Å². The second kappa shape index (κ2) is 10.9. The van der Waals surface area contributed by atoms with Crippen LogP contribution in [0.2, 0.25) is 0 Å². The van der Waals surface area contributed by atoms with E-state index in [-0.39, 0.29) is 0 Å². The Labute approximate surface area is 120 Å². The van der Waals surface area contributed by atoms with Crippen LogP contribution in [-0.2, 0) is 0 Å². The van der Waals surface area contributed by atoms with Crippen molar-refractivity contribution in [2.24, 2.45) is 5.92 Å². The molecule has 1 atom stereocenters. The molecule has 0 aliphatic heterocycles. The third kappa shape index (κ3) is 8.69. The maximum absolute atomic E-state index is 6.06. The summed E-state index contributed by atoms with van der Waals surface area (Å²) in [5.74, 6) is 1.77. The Kier molecular flexibility index (Phi) is 10.3. The predicted octanol–water partition coefficient (Wildman–Crippen LogP) is 6.00. The van der Waals surface area contributed by atoms with Gasteiger partial charge in [-0.3, -0.25) is 0 Å². The number of benzene rings is 1. The van der Waals surface area contributed by atoms with Gasteiger partial charge in [0, 0.05) is 0 Å². The molecule has 1 nitrogen and oxygen atoms in total. The van der Waals surface area contributed by atoms with Gasteiger partial charge in [-0.1, -0.05) is 58.7 Å². The van der Waals surface area contributed by atoms with E-state index in [4.69, 9.17) is 4.74 Å². The smallest absolute Gasteiger partial charge is 0.119 e. The van der Waals surface area contributed by atoms with Crippen molar-refractivity contribution in [3.63, 3.8) is 0 Å². The van der Waals surface area contributed by atoms with E-state index in [2.05, 4.69) is 52.0 Å². The first-order valence-electron chi connectivity index (χ1n) is 7.85. The Morgan fingerprint density at radius 3 is 2.00 bits per heavy atom. The lowest BCUT2D eigenvalue weighted by molar-refractivity contribution is 0.171. The number of hydrogen-bond donors (Lipinski definition) is 0. The van der Waals surface area contributed by atoms with E-state index < -0.39 is 0 Å². The minimum Gasteiger partial charge on any atom is -0.490 e. The summed E-state index contributed by atoms with van der Waals surface area (Å²) >= 11 is 0. The normalized spacial score (nSPS) is 11.7. The van der Waals surface area contributed by atoms with Gasteiger partial charge in [0.05, 0.1) is 6.10 Å². The summed E-state index contributed by atoms with van der Waals surface area (Å²) in [6.45, 7) is 12.9. The number of rotatable bonds is 7. The SMILES string of the molecule is CC.CCCC(CCC(C)C)Oc1ccc(C)cc1. The quantitative estimate of drug-likeness (QED) is 0.586. The van der Waals surface area contributed by atoms with E-state index >= 15 is 0 Å². The molecule has 1 rings (SSSR count). The van der Waals surface area contributed by atoms with Crippen LogP contribution in [0.5, 0.6) is 5.75 Å². The molecule has 0 amide bonds. The minimum absolute atomic E-state index is 0.380. The van der Waals surface area contributed by atoms with Gasteiger partial charge in [0.2, 0.25) is 0 Å².